The Hall–Kier alpha value is -2.15. The molecule has 1 aromatic carbocycles. The van der Waals surface area contributed by atoms with Gasteiger partial charge in [0.05, 0.1) is 18.0 Å². The molecule has 0 spiro atoms. The summed E-state index contributed by atoms with van der Waals surface area (Å²) in [4.78, 5) is 19.2. The maximum Gasteiger partial charge on any atom is 0.416 e. The highest BCUT2D eigenvalue weighted by atomic mass is 35.5. The zero-order chi connectivity index (χ0) is 15.5. The number of carbonyl (C=O) groups is 1. The van der Waals surface area contributed by atoms with Crippen molar-refractivity contribution >= 4 is 17.5 Å². The summed E-state index contributed by atoms with van der Waals surface area (Å²) in [6, 6.07) is 4.71. The van der Waals surface area contributed by atoms with E-state index >= 15 is 0 Å². The molecule has 2 rings (SSSR count). The Morgan fingerprint density at radius 2 is 2.05 bits per heavy atom. The fourth-order valence-electron chi connectivity index (χ4n) is 1.58. The first-order chi connectivity index (χ1) is 9.86. The minimum Gasteiger partial charge on any atom is -0.347 e. The number of hydrogen-bond donors (Lipinski definition) is 1. The second-order valence-electron chi connectivity index (χ2n) is 4.11. The Balaban J connectivity index is 2.05. The minimum absolute atomic E-state index is 0.00511. The zero-order valence-corrected chi connectivity index (χ0v) is 11.2. The van der Waals surface area contributed by atoms with Gasteiger partial charge in [0, 0.05) is 6.54 Å². The van der Waals surface area contributed by atoms with Crippen LogP contribution in [0.5, 0.6) is 0 Å². The molecule has 4 nitrogen and oxygen atoms in total. The molecule has 0 unspecified atom stereocenters. The molecule has 0 aliphatic carbocycles. The van der Waals surface area contributed by atoms with E-state index in [1.807, 2.05) is 0 Å². The molecule has 21 heavy (non-hydrogen) atoms. The Labute approximate surface area is 123 Å². The largest absolute Gasteiger partial charge is 0.416 e. The number of rotatable bonds is 3. The van der Waals surface area contributed by atoms with Crippen molar-refractivity contribution in [1.29, 1.82) is 0 Å². The zero-order valence-electron chi connectivity index (χ0n) is 10.5. The van der Waals surface area contributed by atoms with Crippen LogP contribution in [0.2, 0.25) is 5.15 Å². The third kappa shape index (κ3) is 4.16. The van der Waals surface area contributed by atoms with Crippen LogP contribution in [0, 0.1) is 0 Å². The van der Waals surface area contributed by atoms with E-state index in [2.05, 4.69) is 15.3 Å². The van der Waals surface area contributed by atoms with E-state index < -0.39 is 17.6 Å². The minimum atomic E-state index is -4.42. The van der Waals surface area contributed by atoms with Gasteiger partial charge in [-0.2, -0.15) is 13.2 Å². The molecular formula is C13H9ClF3N3O. The first-order valence-corrected chi connectivity index (χ1v) is 6.16. The van der Waals surface area contributed by atoms with Crippen LogP contribution < -0.4 is 5.32 Å². The van der Waals surface area contributed by atoms with Gasteiger partial charge in [0.2, 0.25) is 0 Å². The number of benzene rings is 1. The van der Waals surface area contributed by atoms with E-state index in [0.29, 0.717) is 5.56 Å². The lowest BCUT2D eigenvalue weighted by molar-refractivity contribution is -0.137. The first kappa shape index (κ1) is 15.2. The van der Waals surface area contributed by atoms with Crippen LogP contribution in [0.15, 0.2) is 36.7 Å². The van der Waals surface area contributed by atoms with E-state index in [4.69, 9.17) is 11.6 Å². The normalized spacial score (nSPS) is 11.2. The summed E-state index contributed by atoms with van der Waals surface area (Å²) in [5, 5.41) is 2.51. The van der Waals surface area contributed by atoms with Gasteiger partial charge in [-0.1, -0.05) is 23.7 Å². The molecule has 1 heterocycles. The molecule has 0 saturated carbocycles. The quantitative estimate of drug-likeness (QED) is 0.947. The number of amides is 1. The molecule has 8 heteroatoms. The van der Waals surface area contributed by atoms with Crippen LogP contribution in [-0.2, 0) is 12.7 Å². The number of alkyl halides is 3. The molecule has 0 atom stereocenters. The Bertz CT molecular complexity index is 661. The fraction of sp³-hybridized carbons (Fsp3) is 0.154. The van der Waals surface area contributed by atoms with Crippen LogP contribution in [-0.4, -0.2) is 15.9 Å². The molecule has 0 fully saturated rings. The molecule has 0 aliphatic rings. The van der Waals surface area contributed by atoms with Crippen molar-refractivity contribution in [2.75, 3.05) is 0 Å². The highest BCUT2D eigenvalue weighted by molar-refractivity contribution is 6.29. The molecule has 1 aromatic heterocycles. The monoisotopic (exact) mass is 315 g/mol. The molecule has 2 aromatic rings. The van der Waals surface area contributed by atoms with E-state index in [-0.39, 0.29) is 17.4 Å². The van der Waals surface area contributed by atoms with Gasteiger partial charge in [-0.05, 0) is 17.7 Å². The smallest absolute Gasteiger partial charge is 0.347 e. The molecule has 1 amide bonds. The molecular weight excluding hydrogens is 307 g/mol. The van der Waals surface area contributed by atoms with Gasteiger partial charge in [0.1, 0.15) is 10.8 Å². The van der Waals surface area contributed by atoms with Crippen molar-refractivity contribution in [1.82, 2.24) is 15.3 Å². The average Bonchev–Trinajstić information content (AvgIpc) is 2.44. The number of hydrogen-bond acceptors (Lipinski definition) is 3. The van der Waals surface area contributed by atoms with E-state index in [1.165, 1.54) is 24.5 Å². The lowest BCUT2D eigenvalue weighted by atomic mass is 10.1. The molecule has 0 aliphatic heterocycles. The second kappa shape index (κ2) is 6.09. The van der Waals surface area contributed by atoms with Gasteiger partial charge < -0.3 is 5.32 Å². The molecule has 110 valence electrons. The summed E-state index contributed by atoms with van der Waals surface area (Å²) < 4.78 is 37.7. The molecule has 1 N–H and O–H groups in total. The summed E-state index contributed by atoms with van der Waals surface area (Å²) in [5.41, 5.74) is -0.445. The number of halogens is 4. The number of nitrogens with zero attached hydrogens (tertiary/aromatic N) is 2. The van der Waals surface area contributed by atoms with Crippen molar-refractivity contribution in [2.45, 2.75) is 12.7 Å². The summed E-state index contributed by atoms with van der Waals surface area (Å²) in [7, 11) is 0. The summed E-state index contributed by atoms with van der Waals surface area (Å²) in [5.74, 6) is -0.567. The first-order valence-electron chi connectivity index (χ1n) is 5.78. The number of aromatic nitrogens is 2. The number of nitrogens with one attached hydrogen (secondary N) is 1. The van der Waals surface area contributed by atoms with Crippen LogP contribution in [0.25, 0.3) is 0 Å². The lowest BCUT2D eigenvalue weighted by Crippen LogP contribution is -2.24. The Kier molecular flexibility index (Phi) is 4.42. The van der Waals surface area contributed by atoms with Crippen LogP contribution >= 0.6 is 11.6 Å². The van der Waals surface area contributed by atoms with Crippen LogP contribution in [0.1, 0.15) is 21.6 Å². The van der Waals surface area contributed by atoms with Gasteiger partial charge in [-0.25, -0.2) is 4.98 Å². The van der Waals surface area contributed by atoms with Crippen molar-refractivity contribution in [3.8, 4) is 0 Å². The maximum atomic E-state index is 12.6. The van der Waals surface area contributed by atoms with Gasteiger partial charge in [0.15, 0.2) is 0 Å². The topological polar surface area (TPSA) is 54.9 Å². The molecule has 0 radical (unpaired) electrons. The third-order valence-corrected chi connectivity index (χ3v) is 2.73. The van der Waals surface area contributed by atoms with Gasteiger partial charge >= 0.3 is 6.18 Å². The standard InChI is InChI=1S/C13H9ClF3N3O/c14-11-7-18-6-10(20-11)12(21)19-5-8-2-1-3-9(4-8)13(15,16)17/h1-4,6-7H,5H2,(H,19,21). The highest BCUT2D eigenvalue weighted by Gasteiger charge is 2.30. The predicted molar refractivity (Wildman–Crippen MR) is 69.7 cm³/mol. The SMILES string of the molecule is O=C(NCc1cccc(C(F)(F)F)c1)c1cncc(Cl)n1. The third-order valence-electron chi connectivity index (χ3n) is 2.55. The van der Waals surface area contributed by atoms with Gasteiger partial charge in [-0.15, -0.1) is 0 Å². The van der Waals surface area contributed by atoms with Crippen molar-refractivity contribution in [3.63, 3.8) is 0 Å². The van der Waals surface area contributed by atoms with Gasteiger partial charge in [0.25, 0.3) is 5.91 Å². The molecule has 0 saturated heterocycles. The summed E-state index contributed by atoms with van der Waals surface area (Å²) >= 11 is 5.60. The van der Waals surface area contributed by atoms with Crippen molar-refractivity contribution < 1.29 is 18.0 Å². The molecule has 0 bridgehead atoms. The van der Waals surface area contributed by atoms with Crippen molar-refractivity contribution in [2.24, 2.45) is 0 Å². The number of carbonyl (C=O) groups excluding carboxylic acids is 1. The van der Waals surface area contributed by atoms with Crippen LogP contribution in [0.4, 0.5) is 13.2 Å². The Morgan fingerprint density at radius 1 is 1.29 bits per heavy atom. The lowest BCUT2D eigenvalue weighted by Gasteiger charge is -2.09. The van der Waals surface area contributed by atoms with E-state index in [0.717, 1.165) is 12.1 Å². The van der Waals surface area contributed by atoms with Crippen molar-refractivity contribution in [3.05, 3.63) is 58.6 Å². The van der Waals surface area contributed by atoms with E-state index in [1.54, 1.807) is 0 Å². The van der Waals surface area contributed by atoms with E-state index in [9.17, 15) is 18.0 Å². The fourth-order valence-corrected chi connectivity index (χ4v) is 1.73. The highest BCUT2D eigenvalue weighted by Crippen LogP contribution is 2.29. The van der Waals surface area contributed by atoms with Gasteiger partial charge in [-0.3, -0.25) is 9.78 Å². The second-order valence-corrected chi connectivity index (χ2v) is 4.50. The Morgan fingerprint density at radius 3 is 2.71 bits per heavy atom. The van der Waals surface area contributed by atoms with Crippen LogP contribution in [0.3, 0.4) is 0 Å². The predicted octanol–water partition coefficient (Wildman–Crippen LogP) is 3.08. The summed E-state index contributed by atoms with van der Waals surface area (Å²) in [6.07, 6.45) is -1.93. The average molecular weight is 316 g/mol. The maximum absolute atomic E-state index is 12.6. The summed E-state index contributed by atoms with van der Waals surface area (Å²) in [6.45, 7) is -0.0586.